The Morgan fingerprint density at radius 1 is 1.45 bits per heavy atom. The van der Waals surface area contributed by atoms with Crippen molar-refractivity contribution in [1.82, 2.24) is 15.5 Å². The minimum Gasteiger partial charge on any atom is -0.448 e. The lowest BCUT2D eigenvalue weighted by Crippen LogP contribution is -2.24. The van der Waals surface area contributed by atoms with Crippen LogP contribution in [0.5, 0.6) is 0 Å². The Bertz CT molecular complexity index is 807. The summed E-state index contributed by atoms with van der Waals surface area (Å²) in [6.45, 7) is 2.48. The van der Waals surface area contributed by atoms with E-state index in [9.17, 15) is 9.18 Å². The van der Waals surface area contributed by atoms with Gasteiger partial charge in [0.25, 0.3) is 5.91 Å². The van der Waals surface area contributed by atoms with Gasteiger partial charge in [-0.3, -0.25) is 9.89 Å². The molecule has 3 rings (SSSR count). The van der Waals surface area contributed by atoms with E-state index in [0.29, 0.717) is 11.9 Å². The summed E-state index contributed by atoms with van der Waals surface area (Å²) >= 11 is 0. The first-order valence-electron chi connectivity index (χ1n) is 7.10. The predicted octanol–water partition coefficient (Wildman–Crippen LogP) is 2.97. The highest BCUT2D eigenvalue weighted by atomic mass is 19.1. The molecule has 0 unspecified atom stereocenters. The smallest absolute Gasteiger partial charge is 0.287 e. The first-order valence-corrected chi connectivity index (χ1v) is 7.10. The van der Waals surface area contributed by atoms with Crippen LogP contribution < -0.4 is 5.32 Å². The van der Waals surface area contributed by atoms with Gasteiger partial charge in [-0.1, -0.05) is 12.1 Å². The Morgan fingerprint density at radius 2 is 2.32 bits per heavy atom. The van der Waals surface area contributed by atoms with Crippen molar-refractivity contribution in [3.8, 4) is 0 Å². The van der Waals surface area contributed by atoms with E-state index in [-0.39, 0.29) is 17.3 Å². The number of amides is 1. The van der Waals surface area contributed by atoms with Crippen molar-refractivity contribution in [3.63, 3.8) is 0 Å². The third kappa shape index (κ3) is 2.86. The van der Waals surface area contributed by atoms with E-state index in [1.807, 2.05) is 6.92 Å². The van der Waals surface area contributed by atoms with Crippen molar-refractivity contribution >= 4 is 16.9 Å². The number of para-hydroxylation sites is 1. The maximum Gasteiger partial charge on any atom is 0.287 e. The Morgan fingerprint density at radius 3 is 3.05 bits per heavy atom. The summed E-state index contributed by atoms with van der Waals surface area (Å²) in [7, 11) is 0. The van der Waals surface area contributed by atoms with E-state index in [1.54, 1.807) is 24.4 Å². The number of furan rings is 1. The summed E-state index contributed by atoms with van der Waals surface area (Å²) in [5.41, 5.74) is 2.29. The second kappa shape index (κ2) is 6.01. The van der Waals surface area contributed by atoms with Crippen LogP contribution >= 0.6 is 0 Å². The van der Waals surface area contributed by atoms with Gasteiger partial charge in [0.2, 0.25) is 0 Å². The molecule has 0 saturated heterocycles. The van der Waals surface area contributed by atoms with Gasteiger partial charge in [-0.25, -0.2) is 4.39 Å². The van der Waals surface area contributed by atoms with Crippen molar-refractivity contribution < 1.29 is 13.6 Å². The number of carbonyl (C=O) groups is 1. The highest BCUT2D eigenvalue weighted by Crippen LogP contribution is 2.21. The molecule has 2 heterocycles. The predicted molar refractivity (Wildman–Crippen MR) is 80.2 cm³/mol. The Kier molecular flexibility index (Phi) is 3.91. The molecular weight excluding hydrogens is 285 g/mol. The first-order chi connectivity index (χ1) is 10.6. The van der Waals surface area contributed by atoms with Gasteiger partial charge in [0.05, 0.1) is 6.20 Å². The molecule has 22 heavy (non-hydrogen) atoms. The number of hydrogen-bond donors (Lipinski definition) is 2. The molecule has 0 spiro atoms. The van der Waals surface area contributed by atoms with Crippen molar-refractivity contribution in [2.45, 2.75) is 19.8 Å². The third-order valence-electron chi connectivity index (χ3n) is 3.56. The number of H-pyrrole nitrogens is 1. The van der Waals surface area contributed by atoms with Gasteiger partial charge in [0, 0.05) is 17.6 Å². The summed E-state index contributed by atoms with van der Waals surface area (Å²) < 4.78 is 18.8. The molecule has 0 saturated carbocycles. The summed E-state index contributed by atoms with van der Waals surface area (Å²) in [5, 5.41) is 10.2. The number of nitrogens with one attached hydrogen (secondary N) is 2. The quantitative estimate of drug-likeness (QED) is 0.712. The van der Waals surface area contributed by atoms with Gasteiger partial charge in [0.1, 0.15) is 0 Å². The van der Waals surface area contributed by atoms with Gasteiger partial charge in [-0.15, -0.1) is 0 Å². The normalized spacial score (nSPS) is 11.0. The molecule has 0 bridgehead atoms. The lowest BCUT2D eigenvalue weighted by molar-refractivity contribution is 0.0927. The number of nitrogens with zero attached hydrogens (tertiary/aromatic N) is 1. The van der Waals surface area contributed by atoms with E-state index in [4.69, 9.17) is 4.42 Å². The second-order valence-corrected chi connectivity index (χ2v) is 5.15. The molecule has 0 atom stereocenters. The number of aryl methyl sites for hydroxylation is 2. The van der Waals surface area contributed by atoms with Gasteiger partial charge in [0.15, 0.2) is 17.2 Å². The van der Waals surface area contributed by atoms with Crippen LogP contribution in [0.25, 0.3) is 11.0 Å². The molecule has 1 aromatic carbocycles. The van der Waals surface area contributed by atoms with Crippen LogP contribution in [0, 0.1) is 12.7 Å². The van der Waals surface area contributed by atoms with E-state index in [2.05, 4.69) is 15.5 Å². The average Bonchev–Trinajstić information content (AvgIpc) is 3.11. The van der Waals surface area contributed by atoms with Crippen LogP contribution in [-0.4, -0.2) is 22.6 Å². The molecule has 0 fully saturated rings. The fourth-order valence-electron chi connectivity index (χ4n) is 2.33. The zero-order valence-electron chi connectivity index (χ0n) is 12.1. The van der Waals surface area contributed by atoms with Gasteiger partial charge in [-0.05, 0) is 37.5 Å². The maximum atomic E-state index is 13.5. The van der Waals surface area contributed by atoms with Crippen molar-refractivity contribution in [3.05, 3.63) is 53.3 Å². The van der Waals surface area contributed by atoms with Gasteiger partial charge < -0.3 is 9.73 Å². The molecule has 1 amide bonds. The average molecular weight is 301 g/mol. The number of hydrogen-bond acceptors (Lipinski definition) is 3. The van der Waals surface area contributed by atoms with Crippen LogP contribution in [0.1, 0.15) is 28.2 Å². The number of carbonyl (C=O) groups excluding carboxylic acids is 1. The Balaban J connectivity index is 1.57. The highest BCUT2D eigenvalue weighted by molar-refractivity contribution is 5.96. The summed E-state index contributed by atoms with van der Waals surface area (Å²) in [5.74, 6) is -0.675. The van der Waals surface area contributed by atoms with Crippen LogP contribution in [0.3, 0.4) is 0 Å². The first kappa shape index (κ1) is 14.3. The lowest BCUT2D eigenvalue weighted by Gasteiger charge is -2.02. The molecule has 0 aliphatic heterocycles. The molecule has 0 aliphatic carbocycles. The number of halogens is 1. The van der Waals surface area contributed by atoms with Crippen molar-refractivity contribution in [1.29, 1.82) is 0 Å². The molecule has 114 valence electrons. The fraction of sp³-hybridized carbons (Fsp3) is 0.250. The van der Waals surface area contributed by atoms with Crippen LogP contribution in [0.15, 0.2) is 34.9 Å². The van der Waals surface area contributed by atoms with E-state index in [0.717, 1.165) is 24.1 Å². The van der Waals surface area contributed by atoms with E-state index < -0.39 is 5.82 Å². The topological polar surface area (TPSA) is 70.9 Å². The summed E-state index contributed by atoms with van der Waals surface area (Å²) in [6, 6.07) is 6.15. The fourth-order valence-corrected chi connectivity index (χ4v) is 2.33. The van der Waals surface area contributed by atoms with E-state index >= 15 is 0 Å². The van der Waals surface area contributed by atoms with Crippen LogP contribution in [0.2, 0.25) is 0 Å². The largest absolute Gasteiger partial charge is 0.448 e. The molecule has 6 heteroatoms. The van der Waals surface area contributed by atoms with E-state index in [1.165, 1.54) is 6.07 Å². The number of rotatable bonds is 5. The third-order valence-corrected chi connectivity index (χ3v) is 3.56. The zero-order chi connectivity index (χ0) is 15.5. The molecule has 2 N–H and O–H groups in total. The Hall–Kier alpha value is -2.63. The number of fused-ring (bicyclic) bond motifs is 1. The van der Waals surface area contributed by atoms with Crippen molar-refractivity contribution in [2.75, 3.05) is 6.54 Å². The van der Waals surface area contributed by atoms with Crippen molar-refractivity contribution in [2.24, 2.45) is 0 Å². The molecule has 3 aromatic rings. The van der Waals surface area contributed by atoms with Crippen LogP contribution in [0.4, 0.5) is 4.39 Å². The lowest BCUT2D eigenvalue weighted by atomic mass is 10.1. The molecule has 5 nitrogen and oxygen atoms in total. The van der Waals surface area contributed by atoms with Gasteiger partial charge in [-0.2, -0.15) is 5.10 Å². The number of aromatic nitrogens is 2. The minimum atomic E-state index is -0.466. The number of aromatic amines is 1. The number of benzene rings is 1. The maximum absolute atomic E-state index is 13.5. The second-order valence-electron chi connectivity index (χ2n) is 5.15. The molecule has 0 aliphatic rings. The molecule has 0 radical (unpaired) electrons. The summed E-state index contributed by atoms with van der Waals surface area (Å²) in [6.07, 6.45) is 3.41. The standard InChI is InChI=1S/C16H16FN3O2/c1-10-12(9-19-20-10)5-3-7-18-16(21)14-8-11-4-2-6-13(17)15(11)22-14/h2,4,6,8-9H,3,5,7H2,1H3,(H,18,21)(H,19,20). The summed E-state index contributed by atoms with van der Waals surface area (Å²) in [4.78, 5) is 12.0. The Labute approximate surface area is 126 Å². The zero-order valence-corrected chi connectivity index (χ0v) is 12.1. The minimum absolute atomic E-state index is 0.113. The monoisotopic (exact) mass is 301 g/mol. The van der Waals surface area contributed by atoms with Gasteiger partial charge >= 0.3 is 0 Å². The molecular formula is C16H16FN3O2. The van der Waals surface area contributed by atoms with Crippen LogP contribution in [-0.2, 0) is 6.42 Å². The SMILES string of the molecule is Cc1[nH]ncc1CCCNC(=O)c1cc2cccc(F)c2o1. The molecule has 2 aromatic heterocycles. The highest BCUT2D eigenvalue weighted by Gasteiger charge is 2.13.